The van der Waals surface area contributed by atoms with E-state index in [-0.39, 0.29) is 0 Å². The van der Waals surface area contributed by atoms with E-state index < -0.39 is 0 Å². The van der Waals surface area contributed by atoms with Gasteiger partial charge in [-0.3, -0.25) is 0 Å². The van der Waals surface area contributed by atoms with E-state index in [0.717, 1.165) is 27.7 Å². The van der Waals surface area contributed by atoms with E-state index in [1.165, 1.54) is 93.9 Å². The second-order valence-corrected chi connectivity index (χ2v) is 17.0. The molecule has 0 aliphatic heterocycles. The van der Waals surface area contributed by atoms with Crippen LogP contribution in [0.4, 0.5) is 0 Å². The number of rotatable bonds is 8. The number of nitrogens with zero attached hydrogens (tertiary/aromatic N) is 1. The number of aromatic nitrogens is 1. The highest BCUT2D eigenvalue weighted by Crippen LogP contribution is 2.51. The van der Waals surface area contributed by atoms with Crippen molar-refractivity contribution < 1.29 is 0 Å². The Morgan fingerprint density at radius 1 is 0.212 bits per heavy atom. The van der Waals surface area contributed by atoms with Crippen molar-refractivity contribution in [3.63, 3.8) is 0 Å². The molecule has 1 heteroatoms. The zero-order valence-electron chi connectivity index (χ0n) is 36.3. The summed E-state index contributed by atoms with van der Waals surface area (Å²) < 4.78 is 0. The first-order chi connectivity index (χ1) is 32.8. The van der Waals surface area contributed by atoms with Crippen LogP contribution in [0.2, 0.25) is 0 Å². The highest BCUT2D eigenvalue weighted by molar-refractivity contribution is 6.22. The van der Waals surface area contributed by atoms with E-state index in [1.807, 2.05) is 0 Å². The van der Waals surface area contributed by atoms with Crippen molar-refractivity contribution in [2.45, 2.75) is 0 Å². The van der Waals surface area contributed by atoms with Crippen molar-refractivity contribution in [3.05, 3.63) is 261 Å². The number of benzene rings is 11. The highest BCUT2D eigenvalue weighted by Gasteiger charge is 2.25. The molecule has 0 radical (unpaired) electrons. The first-order valence-electron chi connectivity index (χ1n) is 22.7. The summed E-state index contributed by atoms with van der Waals surface area (Å²) in [6.07, 6.45) is 0. The van der Waals surface area contributed by atoms with Gasteiger partial charge in [-0.25, -0.2) is 4.98 Å². The second kappa shape index (κ2) is 16.8. The third-order valence-corrected chi connectivity index (χ3v) is 13.0. The van der Waals surface area contributed by atoms with Crippen molar-refractivity contribution in [1.29, 1.82) is 0 Å². The van der Waals surface area contributed by atoms with E-state index in [2.05, 4.69) is 261 Å². The Kier molecular flexibility index (Phi) is 9.93. The molecule has 0 aliphatic carbocycles. The molecule has 1 heterocycles. The van der Waals surface area contributed by atoms with Gasteiger partial charge in [0, 0.05) is 10.9 Å². The number of para-hydroxylation sites is 1. The van der Waals surface area contributed by atoms with Crippen molar-refractivity contribution in [1.82, 2.24) is 4.98 Å². The van der Waals surface area contributed by atoms with Crippen LogP contribution < -0.4 is 0 Å². The molecule has 0 N–H and O–H groups in total. The minimum atomic E-state index is 0.968. The van der Waals surface area contributed by atoms with Gasteiger partial charge >= 0.3 is 0 Å². The maximum Gasteiger partial charge on any atom is 0.0709 e. The van der Waals surface area contributed by atoms with Crippen LogP contribution in [-0.4, -0.2) is 4.98 Å². The summed E-state index contributed by atoms with van der Waals surface area (Å²) in [6, 6.07) is 94.8. The Morgan fingerprint density at radius 3 is 1.12 bits per heavy atom. The molecule has 0 fully saturated rings. The van der Waals surface area contributed by atoms with Crippen molar-refractivity contribution >= 4 is 32.4 Å². The van der Waals surface area contributed by atoms with Crippen LogP contribution >= 0.6 is 0 Å². The summed E-state index contributed by atoms with van der Waals surface area (Å²) in [7, 11) is 0. The average molecular weight is 838 g/mol. The van der Waals surface area contributed by atoms with Gasteiger partial charge in [0.25, 0.3) is 0 Å². The average Bonchev–Trinajstić information content (AvgIpc) is 3.40. The minimum Gasteiger partial charge on any atom is -0.248 e. The number of fused-ring (bicyclic) bond motifs is 3. The normalized spacial score (nSPS) is 11.3. The molecule has 1 aromatic heterocycles. The number of pyridine rings is 1. The summed E-state index contributed by atoms with van der Waals surface area (Å²) in [5.74, 6) is 0. The SMILES string of the molecule is c1ccc(-c2cc(-c3cccc(-c4c5ccccc5c(-c5cccc(-c6ccc7ccccc7n6)c5)c5ccccc45)c3)c(-c3ccccc3)c(-c3ccccc3)c2-c2ccccc2)cc1. The Balaban J connectivity index is 1.11. The van der Waals surface area contributed by atoms with E-state index in [4.69, 9.17) is 4.98 Å². The molecule has 12 rings (SSSR count). The minimum absolute atomic E-state index is 0.968. The van der Waals surface area contributed by atoms with Gasteiger partial charge in [-0.2, -0.15) is 0 Å². The quantitative estimate of drug-likeness (QED) is 0.139. The zero-order chi connectivity index (χ0) is 43.8. The summed E-state index contributed by atoms with van der Waals surface area (Å²) in [6.45, 7) is 0. The fourth-order valence-electron chi connectivity index (χ4n) is 10.1. The Bertz CT molecular complexity index is 3670. The molecular formula is C65H43N. The van der Waals surface area contributed by atoms with Gasteiger partial charge in [-0.1, -0.05) is 231 Å². The molecule has 0 bridgehead atoms. The largest absolute Gasteiger partial charge is 0.248 e. The van der Waals surface area contributed by atoms with Crippen LogP contribution in [-0.2, 0) is 0 Å². The molecule has 11 aromatic carbocycles. The smallest absolute Gasteiger partial charge is 0.0709 e. The Morgan fingerprint density at radius 2 is 0.591 bits per heavy atom. The van der Waals surface area contributed by atoms with Crippen LogP contribution in [0.5, 0.6) is 0 Å². The molecule has 0 unspecified atom stereocenters. The lowest BCUT2D eigenvalue weighted by Crippen LogP contribution is -1.98. The van der Waals surface area contributed by atoms with Gasteiger partial charge in [-0.15, -0.1) is 0 Å². The van der Waals surface area contributed by atoms with Crippen LogP contribution in [0.3, 0.4) is 0 Å². The van der Waals surface area contributed by atoms with Crippen LogP contribution in [0, 0.1) is 0 Å². The third kappa shape index (κ3) is 6.95. The lowest BCUT2D eigenvalue weighted by molar-refractivity contribution is 1.40. The molecule has 0 atom stereocenters. The van der Waals surface area contributed by atoms with Crippen LogP contribution in [0.25, 0.3) is 122 Å². The van der Waals surface area contributed by atoms with Gasteiger partial charge < -0.3 is 0 Å². The summed E-state index contributed by atoms with van der Waals surface area (Å²) in [5.41, 5.74) is 19.8. The second-order valence-electron chi connectivity index (χ2n) is 17.0. The zero-order valence-corrected chi connectivity index (χ0v) is 36.3. The molecule has 0 saturated heterocycles. The van der Waals surface area contributed by atoms with Gasteiger partial charge in [0.2, 0.25) is 0 Å². The lowest BCUT2D eigenvalue weighted by atomic mass is 9.78. The number of hydrogen-bond acceptors (Lipinski definition) is 1. The predicted molar refractivity (Wildman–Crippen MR) is 280 cm³/mol. The highest BCUT2D eigenvalue weighted by atomic mass is 14.7. The number of hydrogen-bond donors (Lipinski definition) is 0. The van der Waals surface area contributed by atoms with Crippen LogP contribution in [0.15, 0.2) is 261 Å². The molecule has 0 amide bonds. The maximum atomic E-state index is 5.08. The van der Waals surface area contributed by atoms with E-state index in [9.17, 15) is 0 Å². The van der Waals surface area contributed by atoms with Gasteiger partial charge in [0.15, 0.2) is 0 Å². The summed E-state index contributed by atoms with van der Waals surface area (Å²) >= 11 is 0. The maximum absolute atomic E-state index is 5.08. The summed E-state index contributed by atoms with van der Waals surface area (Å²) in [4.78, 5) is 5.08. The first-order valence-corrected chi connectivity index (χ1v) is 22.7. The molecule has 66 heavy (non-hydrogen) atoms. The molecule has 1 nitrogen and oxygen atoms in total. The van der Waals surface area contributed by atoms with Gasteiger partial charge in [0.1, 0.15) is 0 Å². The van der Waals surface area contributed by atoms with Crippen molar-refractivity contribution in [3.8, 4) is 89.1 Å². The van der Waals surface area contributed by atoms with Crippen molar-refractivity contribution in [2.75, 3.05) is 0 Å². The summed E-state index contributed by atoms with van der Waals surface area (Å²) in [5, 5.41) is 6.01. The molecule has 308 valence electrons. The molecule has 0 spiro atoms. The molecular weight excluding hydrogens is 795 g/mol. The van der Waals surface area contributed by atoms with Crippen LogP contribution in [0.1, 0.15) is 0 Å². The molecule has 12 aromatic rings. The van der Waals surface area contributed by atoms with E-state index in [1.54, 1.807) is 0 Å². The molecule has 0 saturated carbocycles. The van der Waals surface area contributed by atoms with E-state index in [0.29, 0.717) is 0 Å². The van der Waals surface area contributed by atoms with Crippen molar-refractivity contribution in [2.24, 2.45) is 0 Å². The lowest BCUT2D eigenvalue weighted by Gasteiger charge is -2.25. The predicted octanol–water partition coefficient (Wildman–Crippen LogP) is 17.9. The Hall–Kier alpha value is -8.65. The topological polar surface area (TPSA) is 12.9 Å². The standard InChI is InChI=1S/C65H43N/c1-5-21-44(22-6-1)57-43-58(64(47-26-9-3-10-27-47)65(48-28-11-4-12-29-48)63(57)46-24-7-2-8-25-46)49-30-19-32-51(41-49)61-53-34-14-16-36-55(53)62(56-37-17-15-35-54(56)61)52-33-20-31-50(42-52)60-40-39-45-23-13-18-38-59(45)66-60/h1-43H. The fourth-order valence-corrected chi connectivity index (χ4v) is 10.1. The van der Waals surface area contributed by atoms with Gasteiger partial charge in [0.05, 0.1) is 11.2 Å². The Labute approximate surface area is 385 Å². The third-order valence-electron chi connectivity index (χ3n) is 13.0. The molecule has 0 aliphatic rings. The fraction of sp³-hybridized carbons (Fsp3) is 0. The van der Waals surface area contributed by atoms with Gasteiger partial charge in [-0.05, 0) is 130 Å². The first kappa shape index (κ1) is 39.0. The monoisotopic (exact) mass is 837 g/mol. The van der Waals surface area contributed by atoms with E-state index >= 15 is 0 Å².